The number of carbonyl (C=O) groups is 1. The van der Waals surface area contributed by atoms with E-state index in [2.05, 4.69) is 10.3 Å². The number of thiazole rings is 1. The average molecular weight is 373 g/mol. The number of anilines is 1. The van der Waals surface area contributed by atoms with Gasteiger partial charge in [0.25, 0.3) is 5.91 Å². The first-order valence-corrected chi connectivity index (χ1v) is 9.56. The number of rotatable bonds is 3. The van der Waals surface area contributed by atoms with Crippen LogP contribution in [-0.4, -0.2) is 15.9 Å². The van der Waals surface area contributed by atoms with Crippen molar-refractivity contribution in [1.82, 2.24) is 9.97 Å². The molecule has 0 saturated heterocycles. The van der Waals surface area contributed by atoms with Gasteiger partial charge in [0.05, 0.1) is 22.5 Å². The Morgan fingerprint density at radius 1 is 0.963 bits per heavy atom. The average Bonchev–Trinajstić information content (AvgIpc) is 2.98. The van der Waals surface area contributed by atoms with Gasteiger partial charge in [-0.2, -0.15) is 0 Å². The molecular formula is C22H19N3OS. The van der Waals surface area contributed by atoms with Gasteiger partial charge < -0.3 is 0 Å². The van der Waals surface area contributed by atoms with Crippen LogP contribution in [0.4, 0.5) is 5.13 Å². The molecule has 0 bridgehead atoms. The van der Waals surface area contributed by atoms with Gasteiger partial charge in [0, 0.05) is 15.8 Å². The second-order valence-electron chi connectivity index (χ2n) is 6.50. The van der Waals surface area contributed by atoms with Crippen molar-refractivity contribution in [2.45, 2.75) is 20.8 Å². The largest absolute Gasteiger partial charge is 0.298 e. The zero-order chi connectivity index (χ0) is 19.0. The zero-order valence-electron chi connectivity index (χ0n) is 15.4. The molecule has 4 aromatic rings. The van der Waals surface area contributed by atoms with E-state index in [1.54, 1.807) is 0 Å². The van der Waals surface area contributed by atoms with Crippen LogP contribution in [0.3, 0.4) is 0 Å². The molecule has 4 nitrogen and oxygen atoms in total. The molecule has 4 rings (SSSR count). The van der Waals surface area contributed by atoms with E-state index in [4.69, 9.17) is 4.98 Å². The third-order valence-electron chi connectivity index (χ3n) is 4.63. The maximum atomic E-state index is 13.0. The fourth-order valence-electron chi connectivity index (χ4n) is 3.05. The number of carbonyl (C=O) groups excluding carboxylic acids is 1. The van der Waals surface area contributed by atoms with Crippen LogP contribution in [-0.2, 0) is 0 Å². The molecule has 1 amide bonds. The molecule has 0 spiro atoms. The van der Waals surface area contributed by atoms with E-state index in [1.165, 1.54) is 11.3 Å². The molecule has 0 saturated carbocycles. The van der Waals surface area contributed by atoms with Crippen LogP contribution in [0.1, 0.15) is 26.5 Å². The van der Waals surface area contributed by atoms with Crippen molar-refractivity contribution in [1.29, 1.82) is 0 Å². The van der Waals surface area contributed by atoms with Gasteiger partial charge in [0.15, 0.2) is 5.13 Å². The summed E-state index contributed by atoms with van der Waals surface area (Å²) in [7, 11) is 0. The minimum Gasteiger partial charge on any atom is -0.298 e. The molecule has 1 N–H and O–H groups in total. The Balaban J connectivity index is 1.83. The minimum atomic E-state index is -0.169. The van der Waals surface area contributed by atoms with E-state index >= 15 is 0 Å². The highest BCUT2D eigenvalue weighted by molar-refractivity contribution is 7.15. The van der Waals surface area contributed by atoms with Crippen molar-refractivity contribution >= 4 is 33.3 Å². The summed E-state index contributed by atoms with van der Waals surface area (Å²) in [5.74, 6) is -0.169. The Morgan fingerprint density at radius 2 is 1.70 bits per heavy atom. The molecular weight excluding hydrogens is 354 g/mol. The van der Waals surface area contributed by atoms with Crippen LogP contribution in [0.15, 0.2) is 54.6 Å². The number of para-hydroxylation sites is 1. The Hall–Kier alpha value is -3.05. The molecule has 27 heavy (non-hydrogen) atoms. The number of aromatic nitrogens is 2. The Kier molecular flexibility index (Phi) is 4.46. The van der Waals surface area contributed by atoms with Gasteiger partial charge in [-0.1, -0.05) is 42.5 Å². The molecule has 134 valence electrons. The summed E-state index contributed by atoms with van der Waals surface area (Å²) < 4.78 is 0. The van der Waals surface area contributed by atoms with E-state index < -0.39 is 0 Å². The van der Waals surface area contributed by atoms with Crippen molar-refractivity contribution in [3.05, 3.63) is 76.3 Å². The lowest BCUT2D eigenvalue weighted by Gasteiger charge is -2.11. The highest BCUT2D eigenvalue weighted by Gasteiger charge is 2.16. The van der Waals surface area contributed by atoms with Gasteiger partial charge in [-0.05, 0) is 38.5 Å². The summed E-state index contributed by atoms with van der Waals surface area (Å²) in [5.41, 5.74) is 5.29. The van der Waals surface area contributed by atoms with E-state index in [-0.39, 0.29) is 5.91 Å². The predicted octanol–water partition coefficient (Wildman–Crippen LogP) is 5.54. The van der Waals surface area contributed by atoms with Crippen LogP contribution in [0.25, 0.3) is 22.2 Å². The number of benzene rings is 2. The monoisotopic (exact) mass is 373 g/mol. The molecule has 5 heteroatoms. The van der Waals surface area contributed by atoms with E-state index in [0.717, 1.165) is 38.3 Å². The number of fused-ring (bicyclic) bond motifs is 1. The zero-order valence-corrected chi connectivity index (χ0v) is 16.2. The maximum absolute atomic E-state index is 13.0. The molecule has 2 aromatic heterocycles. The summed E-state index contributed by atoms with van der Waals surface area (Å²) in [6, 6.07) is 17.7. The highest BCUT2D eigenvalue weighted by atomic mass is 32.1. The van der Waals surface area contributed by atoms with E-state index in [1.807, 2.05) is 75.4 Å². The van der Waals surface area contributed by atoms with Crippen LogP contribution < -0.4 is 5.32 Å². The summed E-state index contributed by atoms with van der Waals surface area (Å²) in [5, 5.41) is 4.40. The summed E-state index contributed by atoms with van der Waals surface area (Å²) in [6.45, 7) is 5.99. The Labute approximate surface area is 161 Å². The van der Waals surface area contributed by atoms with E-state index in [0.29, 0.717) is 10.7 Å². The molecule has 2 aromatic carbocycles. The van der Waals surface area contributed by atoms with Gasteiger partial charge in [-0.15, -0.1) is 11.3 Å². The molecule has 0 aliphatic rings. The lowest BCUT2D eigenvalue weighted by Crippen LogP contribution is -2.13. The second-order valence-corrected chi connectivity index (χ2v) is 7.71. The minimum absolute atomic E-state index is 0.169. The third-order valence-corrected chi connectivity index (χ3v) is 5.62. The van der Waals surface area contributed by atoms with Crippen LogP contribution in [0.2, 0.25) is 0 Å². The summed E-state index contributed by atoms with van der Waals surface area (Å²) in [4.78, 5) is 23.4. The van der Waals surface area contributed by atoms with Crippen molar-refractivity contribution in [3.8, 4) is 11.3 Å². The van der Waals surface area contributed by atoms with Crippen molar-refractivity contribution < 1.29 is 4.79 Å². The topological polar surface area (TPSA) is 54.9 Å². The number of nitrogens with zero attached hydrogens (tertiary/aromatic N) is 2. The predicted molar refractivity (Wildman–Crippen MR) is 111 cm³/mol. The molecule has 0 radical (unpaired) electrons. The Morgan fingerprint density at radius 3 is 2.44 bits per heavy atom. The molecule has 0 aliphatic carbocycles. The quantitative estimate of drug-likeness (QED) is 0.513. The maximum Gasteiger partial charge on any atom is 0.258 e. The summed E-state index contributed by atoms with van der Waals surface area (Å²) >= 11 is 1.49. The number of amides is 1. The first kappa shape index (κ1) is 17.4. The fraction of sp³-hybridized carbons (Fsp3) is 0.136. The smallest absolute Gasteiger partial charge is 0.258 e. The molecule has 0 unspecified atom stereocenters. The fourth-order valence-corrected chi connectivity index (χ4v) is 3.86. The Bertz CT molecular complexity index is 1140. The first-order valence-electron chi connectivity index (χ1n) is 8.74. The SMILES string of the molecule is Cc1ccccc1-c1cc(C(=O)Nc2nc(C)c(C)s2)c2ccccc2n1. The molecule has 0 aliphatic heterocycles. The van der Waals surface area contributed by atoms with Crippen molar-refractivity contribution in [2.75, 3.05) is 5.32 Å². The van der Waals surface area contributed by atoms with Crippen molar-refractivity contribution in [2.24, 2.45) is 0 Å². The molecule has 0 atom stereocenters. The van der Waals surface area contributed by atoms with Gasteiger partial charge >= 0.3 is 0 Å². The number of hydrogen-bond acceptors (Lipinski definition) is 4. The number of pyridine rings is 1. The van der Waals surface area contributed by atoms with Gasteiger partial charge in [-0.25, -0.2) is 9.97 Å². The number of nitrogens with one attached hydrogen (secondary N) is 1. The normalized spacial score (nSPS) is 10.9. The molecule has 2 heterocycles. The van der Waals surface area contributed by atoms with Crippen LogP contribution in [0.5, 0.6) is 0 Å². The van der Waals surface area contributed by atoms with E-state index in [9.17, 15) is 4.79 Å². The third kappa shape index (κ3) is 3.34. The van der Waals surface area contributed by atoms with Crippen LogP contribution >= 0.6 is 11.3 Å². The number of aryl methyl sites for hydroxylation is 3. The standard InChI is InChI=1S/C22H19N3OS/c1-13-8-4-5-9-16(13)20-12-18(17-10-6-7-11-19(17)24-20)21(26)25-22-23-14(2)15(3)27-22/h4-12H,1-3H3,(H,23,25,26). The van der Waals surface area contributed by atoms with Gasteiger partial charge in [0.2, 0.25) is 0 Å². The molecule has 0 fully saturated rings. The first-order chi connectivity index (χ1) is 13.0. The lowest BCUT2D eigenvalue weighted by atomic mass is 10.0. The number of hydrogen-bond donors (Lipinski definition) is 1. The van der Waals surface area contributed by atoms with Gasteiger partial charge in [-0.3, -0.25) is 10.1 Å². The second kappa shape index (κ2) is 6.93. The van der Waals surface area contributed by atoms with Crippen LogP contribution in [0, 0.1) is 20.8 Å². The summed E-state index contributed by atoms with van der Waals surface area (Å²) in [6.07, 6.45) is 0. The lowest BCUT2D eigenvalue weighted by molar-refractivity contribution is 0.102. The van der Waals surface area contributed by atoms with Gasteiger partial charge in [0.1, 0.15) is 0 Å². The van der Waals surface area contributed by atoms with Crippen molar-refractivity contribution in [3.63, 3.8) is 0 Å². The highest BCUT2D eigenvalue weighted by Crippen LogP contribution is 2.28.